The Morgan fingerprint density at radius 2 is 0.828 bits per heavy atom. The highest BCUT2D eigenvalue weighted by Crippen LogP contribution is 2.43. The third-order valence-corrected chi connectivity index (χ3v) is 11.2. The van der Waals surface area contributed by atoms with Crippen molar-refractivity contribution >= 4 is 13.8 Å². The lowest BCUT2D eigenvalue weighted by molar-refractivity contribution is -0.154. The molecular formula is C55H94NO7P. The van der Waals surface area contributed by atoms with Gasteiger partial charge in [-0.25, -0.2) is 4.57 Å². The monoisotopic (exact) mass is 912 g/mol. The van der Waals surface area contributed by atoms with E-state index in [1.54, 1.807) is 0 Å². The highest BCUT2D eigenvalue weighted by molar-refractivity contribution is 7.47. The van der Waals surface area contributed by atoms with Crippen LogP contribution in [0.5, 0.6) is 0 Å². The second-order valence-electron chi connectivity index (χ2n) is 16.3. The third-order valence-electron chi connectivity index (χ3n) is 10.2. The normalized spacial score (nSPS) is 14.2. The molecule has 0 radical (unpaired) electrons. The van der Waals surface area contributed by atoms with E-state index in [0.29, 0.717) is 13.0 Å². The fourth-order valence-corrected chi connectivity index (χ4v) is 7.31. The first-order valence-corrected chi connectivity index (χ1v) is 26.9. The number of carbonyl (C=O) groups excluding carboxylic acids is 1. The summed E-state index contributed by atoms with van der Waals surface area (Å²) < 4.78 is 33.6. The van der Waals surface area contributed by atoms with E-state index in [1.165, 1.54) is 70.6 Å². The first-order chi connectivity index (χ1) is 31.4. The van der Waals surface area contributed by atoms with Crippen LogP contribution >= 0.6 is 7.82 Å². The number of ether oxygens (including phenoxy) is 2. The van der Waals surface area contributed by atoms with Crippen molar-refractivity contribution in [2.75, 3.05) is 33.0 Å². The fraction of sp³-hybridized carbons (Fsp3) is 0.655. The SMILES string of the molecule is CC/C=C\C/C=C\C/C=C\C/C=C\C/C=C\CCCCCCCCOCC(COP(=O)(O)OCCN)OC(=O)CCCCCCCCCCCC/C=C\C/C=C\C/C=C\C/C=C\CC. The predicted molar refractivity (Wildman–Crippen MR) is 274 cm³/mol. The van der Waals surface area contributed by atoms with Crippen molar-refractivity contribution in [3.8, 4) is 0 Å². The van der Waals surface area contributed by atoms with Crippen molar-refractivity contribution in [3.05, 3.63) is 109 Å². The third kappa shape index (κ3) is 50.2. The van der Waals surface area contributed by atoms with Crippen LogP contribution in [0.1, 0.15) is 194 Å². The van der Waals surface area contributed by atoms with Gasteiger partial charge in [0, 0.05) is 19.6 Å². The maximum absolute atomic E-state index is 12.7. The van der Waals surface area contributed by atoms with Gasteiger partial charge in [-0.1, -0.05) is 200 Å². The minimum atomic E-state index is -4.30. The summed E-state index contributed by atoms with van der Waals surface area (Å²) in [5.74, 6) is -0.345. The topological polar surface area (TPSA) is 117 Å². The largest absolute Gasteiger partial charge is 0.472 e. The molecule has 0 saturated heterocycles. The molecule has 0 aromatic carbocycles. The molecule has 0 heterocycles. The first-order valence-electron chi connectivity index (χ1n) is 25.4. The molecule has 9 heteroatoms. The summed E-state index contributed by atoms with van der Waals surface area (Å²) in [4.78, 5) is 22.6. The summed E-state index contributed by atoms with van der Waals surface area (Å²) >= 11 is 0. The Kier molecular flexibility index (Phi) is 48.9. The van der Waals surface area contributed by atoms with Gasteiger partial charge in [-0.3, -0.25) is 13.8 Å². The van der Waals surface area contributed by atoms with E-state index in [1.807, 2.05) is 0 Å². The van der Waals surface area contributed by atoms with Gasteiger partial charge >= 0.3 is 13.8 Å². The number of unbranched alkanes of at least 4 members (excludes halogenated alkanes) is 16. The Labute approximate surface area is 393 Å². The van der Waals surface area contributed by atoms with E-state index < -0.39 is 13.9 Å². The predicted octanol–water partition coefficient (Wildman–Crippen LogP) is 16.0. The summed E-state index contributed by atoms with van der Waals surface area (Å²) in [5.41, 5.74) is 5.39. The molecule has 0 amide bonds. The Balaban J connectivity index is 4.02. The second-order valence-corrected chi connectivity index (χ2v) is 17.7. The molecule has 0 saturated carbocycles. The lowest BCUT2D eigenvalue weighted by atomic mass is 10.0. The molecule has 0 spiro atoms. The van der Waals surface area contributed by atoms with Gasteiger partial charge in [0.1, 0.15) is 6.10 Å². The zero-order valence-electron chi connectivity index (χ0n) is 40.7. The molecule has 8 nitrogen and oxygen atoms in total. The first kappa shape index (κ1) is 61.2. The summed E-state index contributed by atoms with van der Waals surface area (Å²) in [6.07, 6.45) is 69.7. The quantitative estimate of drug-likeness (QED) is 0.0268. The van der Waals surface area contributed by atoms with Crippen LogP contribution in [0, 0.1) is 0 Å². The van der Waals surface area contributed by atoms with Crippen molar-refractivity contribution < 1.29 is 32.8 Å². The summed E-state index contributed by atoms with van der Waals surface area (Å²) in [5, 5.41) is 0. The van der Waals surface area contributed by atoms with Crippen LogP contribution in [0.25, 0.3) is 0 Å². The minimum Gasteiger partial charge on any atom is -0.457 e. The van der Waals surface area contributed by atoms with E-state index in [0.717, 1.165) is 103 Å². The van der Waals surface area contributed by atoms with E-state index in [2.05, 4.69) is 123 Å². The molecule has 0 aliphatic heterocycles. The number of hydrogen-bond acceptors (Lipinski definition) is 7. The van der Waals surface area contributed by atoms with Gasteiger partial charge in [0.25, 0.3) is 0 Å². The van der Waals surface area contributed by atoms with Gasteiger partial charge in [-0.2, -0.15) is 0 Å². The van der Waals surface area contributed by atoms with Crippen LogP contribution in [0.2, 0.25) is 0 Å². The average molecular weight is 912 g/mol. The second kappa shape index (κ2) is 51.1. The Hall–Kier alpha value is -2.84. The van der Waals surface area contributed by atoms with Crippen LogP contribution in [0.3, 0.4) is 0 Å². The Bertz CT molecular complexity index is 1350. The molecule has 0 aliphatic carbocycles. The zero-order chi connectivity index (χ0) is 46.5. The van der Waals surface area contributed by atoms with Crippen molar-refractivity contribution in [2.45, 2.75) is 200 Å². The van der Waals surface area contributed by atoms with Crippen LogP contribution in [0.4, 0.5) is 0 Å². The molecule has 2 atom stereocenters. The highest BCUT2D eigenvalue weighted by Gasteiger charge is 2.25. The van der Waals surface area contributed by atoms with E-state index in [4.69, 9.17) is 24.3 Å². The molecule has 0 aliphatic rings. The van der Waals surface area contributed by atoms with Crippen LogP contribution in [-0.2, 0) is 27.9 Å². The standard InChI is InChI=1S/C55H94NO7P/c1-3-5-7-9-11-13-15-17-19-21-23-25-27-28-30-32-34-36-38-40-42-44-46-48-55(57)63-54(53-62-64(58,59)61-51-49-56)52-60-50-47-45-43-41-39-37-35-33-31-29-26-24-22-20-18-16-14-12-10-8-6-4-2/h5-8,11-14,17-20,23-26,31,33,54H,3-4,9-10,15-16,21-22,27-30,32,34-53,56H2,1-2H3,(H,58,59)/b7-5-,8-6-,13-11-,14-12-,19-17-,20-18-,25-23-,26-24-,33-31-. The minimum absolute atomic E-state index is 0.0908. The highest BCUT2D eigenvalue weighted by atomic mass is 31.2. The number of allylic oxidation sites excluding steroid dienone is 18. The molecule has 64 heavy (non-hydrogen) atoms. The maximum Gasteiger partial charge on any atom is 0.472 e. The number of hydrogen-bond donors (Lipinski definition) is 2. The van der Waals surface area contributed by atoms with Crippen LogP contribution < -0.4 is 5.73 Å². The summed E-state index contributed by atoms with van der Waals surface area (Å²) in [7, 11) is -4.30. The van der Waals surface area contributed by atoms with E-state index >= 15 is 0 Å². The van der Waals surface area contributed by atoms with Crippen LogP contribution in [0.15, 0.2) is 109 Å². The van der Waals surface area contributed by atoms with Crippen LogP contribution in [-0.4, -0.2) is 49.9 Å². The van der Waals surface area contributed by atoms with E-state index in [-0.39, 0.29) is 32.3 Å². The van der Waals surface area contributed by atoms with Gasteiger partial charge in [0.2, 0.25) is 0 Å². The lowest BCUT2D eigenvalue weighted by Crippen LogP contribution is -2.28. The molecule has 0 bridgehead atoms. The van der Waals surface area contributed by atoms with Crippen molar-refractivity contribution in [2.24, 2.45) is 5.73 Å². The molecule has 366 valence electrons. The van der Waals surface area contributed by atoms with Gasteiger partial charge in [-0.15, -0.1) is 0 Å². The molecule has 0 aromatic heterocycles. The Morgan fingerprint density at radius 1 is 0.469 bits per heavy atom. The molecule has 0 aromatic rings. The number of phosphoric acid groups is 1. The van der Waals surface area contributed by atoms with Gasteiger partial charge in [0.05, 0.1) is 19.8 Å². The molecular weight excluding hydrogens is 818 g/mol. The number of esters is 1. The van der Waals surface area contributed by atoms with Crippen molar-refractivity contribution in [3.63, 3.8) is 0 Å². The average Bonchev–Trinajstić information content (AvgIpc) is 3.29. The molecule has 0 rings (SSSR count). The smallest absolute Gasteiger partial charge is 0.457 e. The lowest BCUT2D eigenvalue weighted by Gasteiger charge is -2.20. The number of carbonyl (C=O) groups is 1. The summed E-state index contributed by atoms with van der Waals surface area (Å²) in [6.45, 7) is 4.64. The van der Waals surface area contributed by atoms with E-state index in [9.17, 15) is 14.3 Å². The number of rotatable bonds is 47. The molecule has 3 N–H and O–H groups in total. The summed E-state index contributed by atoms with van der Waals surface area (Å²) in [6, 6.07) is 0. The fourth-order valence-electron chi connectivity index (χ4n) is 6.54. The van der Waals surface area contributed by atoms with Crippen molar-refractivity contribution in [1.82, 2.24) is 0 Å². The van der Waals surface area contributed by atoms with Gasteiger partial charge < -0.3 is 20.1 Å². The zero-order valence-corrected chi connectivity index (χ0v) is 41.6. The number of phosphoric ester groups is 1. The van der Waals surface area contributed by atoms with Crippen molar-refractivity contribution in [1.29, 1.82) is 0 Å². The maximum atomic E-state index is 12.7. The molecule has 0 fully saturated rings. The Morgan fingerprint density at radius 3 is 1.23 bits per heavy atom. The van der Waals surface area contributed by atoms with Gasteiger partial charge in [-0.05, 0) is 96.3 Å². The van der Waals surface area contributed by atoms with Gasteiger partial charge in [0.15, 0.2) is 0 Å². The number of nitrogens with two attached hydrogens (primary N) is 1. The molecule has 2 unspecified atom stereocenters.